The van der Waals surface area contributed by atoms with Crippen LogP contribution in [0.25, 0.3) is 10.8 Å². The lowest BCUT2D eigenvalue weighted by Gasteiger charge is -2.36. The molecule has 2 atom stereocenters. The highest BCUT2D eigenvalue weighted by Gasteiger charge is 2.40. The minimum Gasteiger partial charge on any atom is -0.497 e. The van der Waals surface area contributed by atoms with Gasteiger partial charge in [-0.15, -0.1) is 0 Å². The quantitative estimate of drug-likeness (QED) is 0.870. The molecular formula is C20H24N2O2. The van der Waals surface area contributed by atoms with E-state index < -0.39 is 0 Å². The van der Waals surface area contributed by atoms with Crippen molar-refractivity contribution in [1.29, 1.82) is 0 Å². The van der Waals surface area contributed by atoms with Gasteiger partial charge in [-0.3, -0.25) is 9.69 Å². The number of piperidine rings is 1. The third kappa shape index (κ3) is 2.75. The van der Waals surface area contributed by atoms with Crippen LogP contribution < -0.4 is 4.74 Å². The Hall–Kier alpha value is -2.07. The summed E-state index contributed by atoms with van der Waals surface area (Å²) in [6.45, 7) is 3.06. The molecule has 1 amide bonds. The topological polar surface area (TPSA) is 32.8 Å². The second kappa shape index (κ2) is 6.10. The van der Waals surface area contributed by atoms with E-state index in [-0.39, 0.29) is 0 Å². The number of nitrogens with zero attached hydrogens (tertiary/aromatic N) is 2. The largest absolute Gasteiger partial charge is 0.497 e. The summed E-state index contributed by atoms with van der Waals surface area (Å²) in [6, 6.07) is 13.3. The lowest BCUT2D eigenvalue weighted by molar-refractivity contribution is -0.127. The minimum absolute atomic E-state index is 0.312. The standard InChI is InChI=1S/C20H24N2O2/c1-21-19-7-8-22(13-17(19)11-20(21)23)12-14-3-4-16-10-18(24-2)6-5-15(16)9-14/h3-6,9-10,17,19H,7-8,11-13H2,1-2H3/t17-,19+/m1/s1. The lowest BCUT2D eigenvalue weighted by Crippen LogP contribution is -2.44. The summed E-state index contributed by atoms with van der Waals surface area (Å²) < 4.78 is 5.29. The van der Waals surface area contributed by atoms with Crippen molar-refractivity contribution < 1.29 is 9.53 Å². The van der Waals surface area contributed by atoms with Gasteiger partial charge in [0.15, 0.2) is 0 Å². The highest BCUT2D eigenvalue weighted by atomic mass is 16.5. The lowest BCUT2D eigenvalue weighted by atomic mass is 9.92. The zero-order valence-electron chi connectivity index (χ0n) is 14.4. The zero-order chi connectivity index (χ0) is 16.7. The number of benzene rings is 2. The average molecular weight is 324 g/mol. The van der Waals surface area contributed by atoms with Gasteiger partial charge in [-0.1, -0.05) is 18.2 Å². The summed E-state index contributed by atoms with van der Waals surface area (Å²) >= 11 is 0. The Morgan fingerprint density at radius 3 is 2.79 bits per heavy atom. The Balaban J connectivity index is 1.48. The van der Waals surface area contributed by atoms with Crippen molar-refractivity contribution in [3.8, 4) is 5.75 Å². The van der Waals surface area contributed by atoms with Gasteiger partial charge in [-0.25, -0.2) is 0 Å². The van der Waals surface area contributed by atoms with Crippen LogP contribution in [0.15, 0.2) is 36.4 Å². The molecule has 0 saturated carbocycles. The number of likely N-dealkylation sites (tertiary alicyclic amines) is 2. The third-order valence-corrected chi connectivity index (χ3v) is 5.62. The minimum atomic E-state index is 0.312. The number of rotatable bonds is 3. The first-order valence-electron chi connectivity index (χ1n) is 8.69. The smallest absolute Gasteiger partial charge is 0.222 e. The molecule has 0 radical (unpaired) electrons. The van der Waals surface area contributed by atoms with Crippen molar-refractivity contribution in [3.63, 3.8) is 0 Å². The molecule has 126 valence electrons. The van der Waals surface area contributed by atoms with Crippen LogP contribution in [0.3, 0.4) is 0 Å². The normalized spacial score (nSPS) is 24.4. The number of methoxy groups -OCH3 is 1. The summed E-state index contributed by atoms with van der Waals surface area (Å²) in [5.74, 6) is 1.71. The molecule has 2 fully saturated rings. The summed E-state index contributed by atoms with van der Waals surface area (Å²) in [6.07, 6.45) is 1.81. The highest BCUT2D eigenvalue weighted by molar-refractivity contribution is 5.84. The van der Waals surface area contributed by atoms with Gasteiger partial charge in [0.05, 0.1) is 7.11 Å². The Bertz CT molecular complexity index is 773. The van der Waals surface area contributed by atoms with E-state index in [1.54, 1.807) is 7.11 Å². The van der Waals surface area contributed by atoms with Gasteiger partial charge in [-0.2, -0.15) is 0 Å². The maximum Gasteiger partial charge on any atom is 0.222 e. The van der Waals surface area contributed by atoms with E-state index >= 15 is 0 Å². The molecule has 4 rings (SSSR count). The predicted octanol–water partition coefficient (Wildman–Crippen LogP) is 2.90. The van der Waals surface area contributed by atoms with Crippen molar-refractivity contribution in [1.82, 2.24) is 9.80 Å². The first-order chi connectivity index (χ1) is 11.6. The van der Waals surface area contributed by atoms with Crippen molar-refractivity contribution in [3.05, 3.63) is 42.0 Å². The van der Waals surface area contributed by atoms with Gasteiger partial charge >= 0.3 is 0 Å². The molecule has 2 aromatic carbocycles. The van der Waals surface area contributed by atoms with Gasteiger partial charge in [0, 0.05) is 45.1 Å². The van der Waals surface area contributed by atoms with E-state index in [9.17, 15) is 4.79 Å². The van der Waals surface area contributed by atoms with Crippen LogP contribution in [0.4, 0.5) is 0 Å². The Kier molecular flexibility index (Phi) is 3.93. The molecule has 0 bridgehead atoms. The summed E-state index contributed by atoms with van der Waals surface area (Å²) in [4.78, 5) is 16.4. The van der Waals surface area contributed by atoms with Crippen LogP contribution in [0.1, 0.15) is 18.4 Å². The van der Waals surface area contributed by atoms with Gasteiger partial charge in [0.2, 0.25) is 5.91 Å². The van der Waals surface area contributed by atoms with Crippen LogP contribution in [-0.2, 0) is 11.3 Å². The predicted molar refractivity (Wildman–Crippen MR) is 95.1 cm³/mol. The van der Waals surface area contributed by atoms with Crippen LogP contribution in [0.2, 0.25) is 0 Å². The van der Waals surface area contributed by atoms with Crippen molar-refractivity contribution >= 4 is 16.7 Å². The Morgan fingerprint density at radius 1 is 1.17 bits per heavy atom. The Labute approximate surface area is 143 Å². The van der Waals surface area contributed by atoms with Gasteiger partial charge in [0.25, 0.3) is 0 Å². The summed E-state index contributed by atoms with van der Waals surface area (Å²) in [5.41, 5.74) is 1.34. The van der Waals surface area contributed by atoms with Crippen molar-refractivity contribution in [2.75, 3.05) is 27.2 Å². The van der Waals surface area contributed by atoms with E-state index in [1.165, 1.54) is 16.3 Å². The van der Waals surface area contributed by atoms with Gasteiger partial charge < -0.3 is 9.64 Å². The fourth-order valence-electron chi connectivity index (χ4n) is 4.26. The molecule has 4 nitrogen and oxygen atoms in total. The second-order valence-electron chi connectivity index (χ2n) is 7.11. The number of ether oxygens (including phenoxy) is 1. The van der Waals surface area contributed by atoms with Crippen LogP contribution in [0, 0.1) is 5.92 Å². The van der Waals surface area contributed by atoms with E-state index in [0.29, 0.717) is 17.9 Å². The maximum atomic E-state index is 11.9. The molecule has 2 saturated heterocycles. The van der Waals surface area contributed by atoms with E-state index in [1.807, 2.05) is 18.0 Å². The molecule has 24 heavy (non-hydrogen) atoms. The fourth-order valence-corrected chi connectivity index (χ4v) is 4.26. The SMILES string of the molecule is COc1ccc2cc(CN3CC[C@H]4[C@H](CC(=O)N4C)C3)ccc2c1. The summed E-state index contributed by atoms with van der Waals surface area (Å²) in [5, 5.41) is 2.46. The van der Waals surface area contributed by atoms with E-state index in [0.717, 1.165) is 38.2 Å². The van der Waals surface area contributed by atoms with Crippen LogP contribution in [-0.4, -0.2) is 49.0 Å². The number of hydrogen-bond acceptors (Lipinski definition) is 3. The molecule has 2 aliphatic rings. The molecule has 2 heterocycles. The number of fused-ring (bicyclic) bond motifs is 2. The molecular weight excluding hydrogens is 300 g/mol. The number of carbonyl (C=O) groups excluding carboxylic acids is 1. The number of amides is 1. The van der Waals surface area contributed by atoms with E-state index in [4.69, 9.17) is 4.74 Å². The number of hydrogen-bond donors (Lipinski definition) is 0. The maximum absolute atomic E-state index is 11.9. The third-order valence-electron chi connectivity index (χ3n) is 5.62. The average Bonchev–Trinajstić information content (AvgIpc) is 2.88. The fraction of sp³-hybridized carbons (Fsp3) is 0.450. The van der Waals surface area contributed by atoms with Gasteiger partial charge in [0.1, 0.15) is 5.75 Å². The zero-order valence-corrected chi connectivity index (χ0v) is 14.4. The molecule has 0 N–H and O–H groups in total. The molecule has 4 heteroatoms. The number of carbonyl (C=O) groups is 1. The van der Waals surface area contributed by atoms with E-state index in [2.05, 4.69) is 35.2 Å². The first kappa shape index (κ1) is 15.5. The molecule has 2 aromatic rings. The van der Waals surface area contributed by atoms with Crippen molar-refractivity contribution in [2.45, 2.75) is 25.4 Å². The van der Waals surface area contributed by atoms with Gasteiger partial charge in [-0.05, 0) is 41.0 Å². The van der Waals surface area contributed by atoms with Crippen LogP contribution in [0.5, 0.6) is 5.75 Å². The first-order valence-corrected chi connectivity index (χ1v) is 8.69. The molecule has 0 aromatic heterocycles. The second-order valence-corrected chi connectivity index (χ2v) is 7.11. The molecule has 2 aliphatic heterocycles. The highest BCUT2D eigenvalue weighted by Crippen LogP contribution is 2.32. The summed E-state index contributed by atoms with van der Waals surface area (Å²) in [7, 11) is 3.66. The monoisotopic (exact) mass is 324 g/mol. The van der Waals surface area contributed by atoms with Crippen molar-refractivity contribution in [2.24, 2.45) is 5.92 Å². The molecule has 0 unspecified atom stereocenters. The molecule has 0 aliphatic carbocycles. The molecule has 0 spiro atoms. The van der Waals surface area contributed by atoms with Crippen LogP contribution >= 0.6 is 0 Å². The Morgan fingerprint density at radius 2 is 1.96 bits per heavy atom.